The molecule has 0 heterocycles. The highest BCUT2D eigenvalue weighted by Gasteiger charge is 2.31. The highest BCUT2D eigenvalue weighted by Crippen LogP contribution is 2.27. The first kappa shape index (κ1) is 13.3. The summed E-state index contributed by atoms with van der Waals surface area (Å²) in [5.41, 5.74) is 8.72. The number of rotatable bonds is 5. The van der Waals surface area contributed by atoms with Crippen molar-refractivity contribution in [2.75, 3.05) is 0 Å². The van der Waals surface area contributed by atoms with Gasteiger partial charge in [0.15, 0.2) is 0 Å². The summed E-state index contributed by atoms with van der Waals surface area (Å²) in [6.07, 6.45) is 2.25. The molecule has 2 nitrogen and oxygen atoms in total. The van der Waals surface area contributed by atoms with Crippen molar-refractivity contribution in [3.8, 4) is 0 Å². The zero-order valence-electron chi connectivity index (χ0n) is 11.8. The first-order valence-electron chi connectivity index (χ1n) is 7.39. The lowest BCUT2D eigenvalue weighted by Crippen LogP contribution is -2.49. The fourth-order valence-corrected chi connectivity index (χ4v) is 2.88. The molecule has 1 fully saturated rings. The van der Waals surface area contributed by atoms with Crippen molar-refractivity contribution in [2.24, 2.45) is 5.73 Å². The zero-order valence-corrected chi connectivity index (χ0v) is 11.8. The highest BCUT2D eigenvalue weighted by atomic mass is 15.2. The van der Waals surface area contributed by atoms with E-state index in [1.165, 1.54) is 11.1 Å². The Morgan fingerprint density at radius 2 is 1.25 bits per heavy atom. The summed E-state index contributed by atoms with van der Waals surface area (Å²) < 4.78 is 0. The van der Waals surface area contributed by atoms with Gasteiger partial charge in [-0.05, 0) is 24.0 Å². The maximum absolute atomic E-state index is 5.97. The normalized spacial score (nSPS) is 21.7. The van der Waals surface area contributed by atoms with Crippen LogP contribution in [0.1, 0.15) is 24.0 Å². The summed E-state index contributed by atoms with van der Waals surface area (Å²) in [5, 5.41) is 0. The van der Waals surface area contributed by atoms with Crippen molar-refractivity contribution >= 4 is 0 Å². The molecule has 0 aliphatic heterocycles. The maximum atomic E-state index is 5.97. The van der Waals surface area contributed by atoms with Crippen LogP contribution in [0, 0.1) is 0 Å². The molecule has 1 aliphatic rings. The Morgan fingerprint density at radius 1 is 0.800 bits per heavy atom. The molecule has 0 radical (unpaired) electrons. The standard InChI is InChI=1S/C18H22N2/c19-17-11-18(12-17)20(13-15-7-3-1-4-8-15)14-16-9-5-2-6-10-16/h1-10,17-18H,11-14,19H2. The lowest BCUT2D eigenvalue weighted by atomic mass is 9.85. The predicted octanol–water partition coefficient (Wildman–Crippen LogP) is 3.18. The summed E-state index contributed by atoms with van der Waals surface area (Å²) in [5.74, 6) is 0. The average Bonchev–Trinajstić information content (AvgIpc) is 2.46. The lowest BCUT2D eigenvalue weighted by Gasteiger charge is -2.41. The van der Waals surface area contributed by atoms with Gasteiger partial charge >= 0.3 is 0 Å². The molecule has 0 unspecified atom stereocenters. The van der Waals surface area contributed by atoms with Gasteiger partial charge in [0.25, 0.3) is 0 Å². The van der Waals surface area contributed by atoms with E-state index >= 15 is 0 Å². The second-order valence-corrected chi connectivity index (χ2v) is 5.76. The molecule has 20 heavy (non-hydrogen) atoms. The second kappa shape index (κ2) is 6.21. The first-order chi connectivity index (χ1) is 9.81. The van der Waals surface area contributed by atoms with E-state index in [1.807, 2.05) is 0 Å². The molecule has 3 rings (SSSR count). The number of hydrogen-bond acceptors (Lipinski definition) is 2. The van der Waals surface area contributed by atoms with Gasteiger partial charge in [-0.1, -0.05) is 60.7 Å². The van der Waals surface area contributed by atoms with Gasteiger partial charge in [0, 0.05) is 25.2 Å². The summed E-state index contributed by atoms with van der Waals surface area (Å²) in [7, 11) is 0. The fourth-order valence-electron chi connectivity index (χ4n) is 2.88. The third-order valence-corrected chi connectivity index (χ3v) is 4.12. The van der Waals surface area contributed by atoms with Crippen LogP contribution in [-0.4, -0.2) is 17.0 Å². The topological polar surface area (TPSA) is 29.3 Å². The Morgan fingerprint density at radius 3 is 1.65 bits per heavy atom. The SMILES string of the molecule is NC1CC(N(Cc2ccccc2)Cc2ccccc2)C1. The van der Waals surface area contributed by atoms with Crippen molar-refractivity contribution < 1.29 is 0 Å². The third kappa shape index (κ3) is 3.27. The van der Waals surface area contributed by atoms with Crippen molar-refractivity contribution in [3.63, 3.8) is 0 Å². The highest BCUT2D eigenvalue weighted by molar-refractivity contribution is 5.17. The molecule has 1 saturated carbocycles. The van der Waals surface area contributed by atoms with Gasteiger partial charge in [-0.25, -0.2) is 0 Å². The Kier molecular flexibility index (Phi) is 4.14. The van der Waals surface area contributed by atoms with E-state index in [-0.39, 0.29) is 0 Å². The van der Waals surface area contributed by atoms with Gasteiger partial charge in [0.2, 0.25) is 0 Å². The first-order valence-corrected chi connectivity index (χ1v) is 7.39. The van der Waals surface area contributed by atoms with E-state index in [0.29, 0.717) is 12.1 Å². The largest absolute Gasteiger partial charge is 0.328 e. The molecule has 0 bridgehead atoms. The van der Waals surface area contributed by atoms with Crippen LogP contribution < -0.4 is 5.73 Å². The minimum atomic E-state index is 0.397. The molecule has 1 aliphatic carbocycles. The number of hydrogen-bond donors (Lipinski definition) is 1. The van der Waals surface area contributed by atoms with Crippen LogP contribution in [-0.2, 0) is 13.1 Å². The van der Waals surface area contributed by atoms with Gasteiger partial charge in [-0.15, -0.1) is 0 Å². The zero-order chi connectivity index (χ0) is 13.8. The molecule has 0 saturated heterocycles. The minimum absolute atomic E-state index is 0.397. The Bertz CT molecular complexity index is 476. The summed E-state index contributed by atoms with van der Waals surface area (Å²) >= 11 is 0. The fraction of sp³-hybridized carbons (Fsp3) is 0.333. The van der Waals surface area contributed by atoms with E-state index in [1.54, 1.807) is 0 Å². The van der Waals surface area contributed by atoms with Crippen molar-refractivity contribution in [2.45, 2.75) is 38.0 Å². The molecular formula is C18H22N2. The van der Waals surface area contributed by atoms with Crippen LogP contribution in [0.15, 0.2) is 60.7 Å². The van der Waals surface area contributed by atoms with Gasteiger partial charge in [0.05, 0.1) is 0 Å². The van der Waals surface area contributed by atoms with Crippen LogP contribution >= 0.6 is 0 Å². The van der Waals surface area contributed by atoms with E-state index in [0.717, 1.165) is 25.9 Å². The lowest BCUT2D eigenvalue weighted by molar-refractivity contribution is 0.0955. The van der Waals surface area contributed by atoms with Gasteiger partial charge in [0.1, 0.15) is 0 Å². The van der Waals surface area contributed by atoms with Gasteiger partial charge in [-0.2, -0.15) is 0 Å². The predicted molar refractivity (Wildman–Crippen MR) is 83.1 cm³/mol. The van der Waals surface area contributed by atoms with E-state index in [9.17, 15) is 0 Å². The van der Waals surface area contributed by atoms with Gasteiger partial charge < -0.3 is 5.73 Å². The van der Waals surface area contributed by atoms with Crippen LogP contribution in [0.2, 0.25) is 0 Å². The van der Waals surface area contributed by atoms with Crippen LogP contribution in [0.25, 0.3) is 0 Å². The quantitative estimate of drug-likeness (QED) is 0.900. The summed E-state index contributed by atoms with van der Waals surface area (Å²) in [4.78, 5) is 2.56. The molecule has 2 heteroatoms. The van der Waals surface area contributed by atoms with Crippen molar-refractivity contribution in [1.29, 1.82) is 0 Å². The molecule has 2 N–H and O–H groups in total. The number of nitrogens with two attached hydrogens (primary N) is 1. The Hall–Kier alpha value is -1.64. The molecule has 0 aromatic heterocycles. The average molecular weight is 266 g/mol. The summed E-state index contributed by atoms with van der Waals surface area (Å²) in [6, 6.07) is 22.4. The monoisotopic (exact) mass is 266 g/mol. The van der Waals surface area contributed by atoms with Crippen LogP contribution in [0.5, 0.6) is 0 Å². The van der Waals surface area contributed by atoms with Gasteiger partial charge in [-0.3, -0.25) is 4.90 Å². The molecule has 0 spiro atoms. The van der Waals surface area contributed by atoms with E-state index < -0.39 is 0 Å². The molecule has 2 aromatic carbocycles. The second-order valence-electron chi connectivity index (χ2n) is 5.76. The molecule has 2 aromatic rings. The van der Waals surface area contributed by atoms with Crippen LogP contribution in [0.4, 0.5) is 0 Å². The van der Waals surface area contributed by atoms with E-state index in [4.69, 9.17) is 5.73 Å². The maximum Gasteiger partial charge on any atom is 0.0240 e. The molecule has 0 amide bonds. The third-order valence-electron chi connectivity index (χ3n) is 4.12. The minimum Gasteiger partial charge on any atom is -0.328 e. The van der Waals surface area contributed by atoms with Crippen molar-refractivity contribution in [3.05, 3.63) is 71.8 Å². The van der Waals surface area contributed by atoms with E-state index in [2.05, 4.69) is 65.6 Å². The van der Waals surface area contributed by atoms with Crippen LogP contribution in [0.3, 0.4) is 0 Å². The number of benzene rings is 2. The molecule has 0 atom stereocenters. The van der Waals surface area contributed by atoms with Crippen molar-refractivity contribution in [1.82, 2.24) is 4.90 Å². The number of nitrogens with zero attached hydrogens (tertiary/aromatic N) is 1. The Labute approximate surface area is 121 Å². The molecular weight excluding hydrogens is 244 g/mol. The molecule has 104 valence electrons. The smallest absolute Gasteiger partial charge is 0.0240 e. The Balaban J connectivity index is 1.71. The summed E-state index contributed by atoms with van der Waals surface area (Å²) in [6.45, 7) is 2.01.